The van der Waals surface area contributed by atoms with Gasteiger partial charge in [0.15, 0.2) is 0 Å². The number of carbonyl (C=O) groups excluding carboxylic acids is 1. The van der Waals surface area contributed by atoms with Crippen molar-refractivity contribution in [2.75, 3.05) is 6.54 Å². The molecule has 0 aliphatic carbocycles. The Morgan fingerprint density at radius 1 is 1.50 bits per heavy atom. The summed E-state index contributed by atoms with van der Waals surface area (Å²) in [5.74, 6) is -0.0967. The van der Waals surface area contributed by atoms with Crippen LogP contribution in [-0.4, -0.2) is 29.7 Å². The van der Waals surface area contributed by atoms with E-state index in [2.05, 4.69) is 5.32 Å². The highest BCUT2D eigenvalue weighted by atomic mass is 16.3. The maximum absolute atomic E-state index is 11.6. The smallest absolute Gasteiger partial charge is 0.236 e. The van der Waals surface area contributed by atoms with Crippen LogP contribution in [0.5, 0.6) is 0 Å². The average molecular weight is 230 g/mol. The van der Waals surface area contributed by atoms with Gasteiger partial charge < -0.3 is 16.2 Å². The van der Waals surface area contributed by atoms with Gasteiger partial charge in [-0.3, -0.25) is 4.79 Å². The summed E-state index contributed by atoms with van der Waals surface area (Å²) >= 11 is 0. The Balaban J connectivity index is 3.99. The first-order valence-electron chi connectivity index (χ1n) is 6.00. The Bertz CT molecular complexity index is 215. The van der Waals surface area contributed by atoms with Crippen LogP contribution in [0.4, 0.5) is 0 Å². The number of hydrogen-bond donors (Lipinski definition) is 3. The summed E-state index contributed by atoms with van der Waals surface area (Å²) in [7, 11) is 0. The lowest BCUT2D eigenvalue weighted by Crippen LogP contribution is -2.44. The van der Waals surface area contributed by atoms with Crippen molar-refractivity contribution in [2.45, 2.75) is 59.1 Å². The monoisotopic (exact) mass is 230 g/mol. The fraction of sp³-hybridized carbons (Fsp3) is 0.917. The zero-order chi connectivity index (χ0) is 12.8. The molecule has 0 spiro atoms. The van der Waals surface area contributed by atoms with Crippen molar-refractivity contribution in [2.24, 2.45) is 11.1 Å². The molecule has 1 amide bonds. The molecular weight excluding hydrogens is 204 g/mol. The number of amides is 1. The number of rotatable bonds is 7. The van der Waals surface area contributed by atoms with Crippen LogP contribution in [0, 0.1) is 5.41 Å². The van der Waals surface area contributed by atoms with Gasteiger partial charge in [0.2, 0.25) is 5.91 Å². The molecule has 96 valence electrons. The van der Waals surface area contributed by atoms with Gasteiger partial charge in [-0.25, -0.2) is 0 Å². The van der Waals surface area contributed by atoms with Crippen LogP contribution in [0.3, 0.4) is 0 Å². The van der Waals surface area contributed by atoms with Crippen LogP contribution < -0.4 is 11.1 Å². The van der Waals surface area contributed by atoms with Gasteiger partial charge in [-0.2, -0.15) is 0 Å². The summed E-state index contributed by atoms with van der Waals surface area (Å²) in [6.45, 7) is 8.35. The molecule has 2 unspecified atom stereocenters. The summed E-state index contributed by atoms with van der Waals surface area (Å²) in [6.07, 6.45) is 1.93. The minimum absolute atomic E-state index is 0.0967. The molecule has 4 nitrogen and oxygen atoms in total. The Morgan fingerprint density at radius 2 is 2.06 bits per heavy atom. The van der Waals surface area contributed by atoms with Gasteiger partial charge in [-0.15, -0.1) is 0 Å². The Labute approximate surface area is 98.6 Å². The van der Waals surface area contributed by atoms with E-state index in [1.54, 1.807) is 6.92 Å². The zero-order valence-electron chi connectivity index (χ0n) is 10.9. The lowest BCUT2D eigenvalue weighted by atomic mass is 9.87. The highest BCUT2D eigenvalue weighted by Gasteiger charge is 2.22. The van der Waals surface area contributed by atoms with E-state index in [9.17, 15) is 9.90 Å². The van der Waals surface area contributed by atoms with Crippen molar-refractivity contribution in [1.29, 1.82) is 0 Å². The molecule has 0 heterocycles. The summed E-state index contributed by atoms with van der Waals surface area (Å²) in [4.78, 5) is 11.6. The maximum atomic E-state index is 11.6. The molecule has 0 bridgehead atoms. The summed E-state index contributed by atoms with van der Waals surface area (Å²) < 4.78 is 0. The molecule has 0 aliphatic rings. The second-order valence-electron chi connectivity index (χ2n) is 5.33. The van der Waals surface area contributed by atoms with Crippen LogP contribution in [0.2, 0.25) is 0 Å². The maximum Gasteiger partial charge on any atom is 0.236 e. The van der Waals surface area contributed by atoms with E-state index in [0.717, 1.165) is 6.42 Å². The van der Waals surface area contributed by atoms with Gasteiger partial charge in [0, 0.05) is 6.54 Å². The predicted molar refractivity (Wildman–Crippen MR) is 66.0 cm³/mol. The molecule has 0 aromatic heterocycles. The molecule has 16 heavy (non-hydrogen) atoms. The van der Waals surface area contributed by atoms with E-state index in [0.29, 0.717) is 19.4 Å². The first-order chi connectivity index (χ1) is 7.28. The number of hydrogen-bond acceptors (Lipinski definition) is 3. The highest BCUT2D eigenvalue weighted by Crippen LogP contribution is 2.21. The van der Waals surface area contributed by atoms with Crippen LogP contribution in [0.1, 0.15) is 47.0 Å². The molecule has 0 radical (unpaired) electrons. The van der Waals surface area contributed by atoms with Crippen LogP contribution in [-0.2, 0) is 4.79 Å². The van der Waals surface area contributed by atoms with Crippen LogP contribution >= 0.6 is 0 Å². The molecule has 0 saturated carbocycles. The van der Waals surface area contributed by atoms with Crippen molar-refractivity contribution in [1.82, 2.24) is 5.32 Å². The van der Waals surface area contributed by atoms with Crippen LogP contribution in [0.25, 0.3) is 0 Å². The van der Waals surface area contributed by atoms with Gasteiger partial charge in [-0.1, -0.05) is 27.2 Å². The largest absolute Gasteiger partial charge is 0.393 e. The Hall–Kier alpha value is -0.610. The van der Waals surface area contributed by atoms with Crippen LogP contribution in [0.15, 0.2) is 0 Å². The second-order valence-corrected chi connectivity index (χ2v) is 5.33. The number of aliphatic hydroxyl groups is 1. The van der Waals surface area contributed by atoms with Crippen molar-refractivity contribution in [3.8, 4) is 0 Å². The van der Waals surface area contributed by atoms with Crippen molar-refractivity contribution < 1.29 is 9.90 Å². The molecule has 4 N–H and O–H groups in total. The topological polar surface area (TPSA) is 75.4 Å². The minimum Gasteiger partial charge on any atom is -0.393 e. The molecular formula is C12H26N2O2. The first kappa shape index (κ1) is 15.4. The van der Waals surface area contributed by atoms with Gasteiger partial charge in [0.1, 0.15) is 0 Å². The summed E-state index contributed by atoms with van der Waals surface area (Å²) in [6, 6.07) is -0.410. The van der Waals surface area contributed by atoms with Crippen molar-refractivity contribution in [3.63, 3.8) is 0 Å². The number of aliphatic hydroxyl groups excluding tert-OH is 1. The van der Waals surface area contributed by atoms with E-state index in [1.165, 1.54) is 0 Å². The highest BCUT2D eigenvalue weighted by molar-refractivity contribution is 5.81. The fourth-order valence-corrected chi connectivity index (χ4v) is 1.77. The van der Waals surface area contributed by atoms with E-state index < -0.39 is 6.04 Å². The van der Waals surface area contributed by atoms with Gasteiger partial charge in [0.05, 0.1) is 12.1 Å². The standard InChI is InChI=1S/C12H26N2O2/c1-5-6-10(13)11(16)14-8-12(3,4)7-9(2)15/h9-10,15H,5-8,13H2,1-4H3,(H,14,16). The normalized spacial score (nSPS) is 15.6. The molecule has 0 aromatic carbocycles. The van der Waals surface area contributed by atoms with E-state index in [1.807, 2.05) is 20.8 Å². The van der Waals surface area contributed by atoms with Gasteiger partial charge in [0.25, 0.3) is 0 Å². The molecule has 4 heteroatoms. The number of carbonyl (C=O) groups is 1. The zero-order valence-corrected chi connectivity index (χ0v) is 10.9. The molecule has 0 fully saturated rings. The van der Waals surface area contributed by atoms with Crippen molar-refractivity contribution >= 4 is 5.91 Å². The third-order valence-electron chi connectivity index (χ3n) is 2.53. The third kappa shape index (κ3) is 6.80. The minimum atomic E-state index is -0.410. The third-order valence-corrected chi connectivity index (χ3v) is 2.53. The average Bonchev–Trinajstić information content (AvgIpc) is 2.12. The predicted octanol–water partition coefficient (Wildman–Crippen LogP) is 1.03. The lowest BCUT2D eigenvalue weighted by molar-refractivity contribution is -0.123. The summed E-state index contributed by atoms with van der Waals surface area (Å²) in [5.41, 5.74) is 5.60. The molecule has 0 aliphatic heterocycles. The lowest BCUT2D eigenvalue weighted by Gasteiger charge is -2.27. The van der Waals surface area contributed by atoms with E-state index in [4.69, 9.17) is 5.73 Å². The molecule has 0 aromatic rings. The van der Waals surface area contributed by atoms with E-state index in [-0.39, 0.29) is 17.4 Å². The summed E-state index contributed by atoms with van der Waals surface area (Å²) in [5, 5.41) is 12.1. The number of nitrogens with two attached hydrogens (primary N) is 1. The number of nitrogens with one attached hydrogen (secondary N) is 1. The Kier molecular flexibility index (Phi) is 6.60. The Morgan fingerprint density at radius 3 is 2.50 bits per heavy atom. The van der Waals surface area contributed by atoms with Gasteiger partial charge in [-0.05, 0) is 25.2 Å². The SMILES string of the molecule is CCCC(N)C(=O)NCC(C)(C)CC(C)O. The quantitative estimate of drug-likeness (QED) is 0.611. The fourth-order valence-electron chi connectivity index (χ4n) is 1.77. The first-order valence-corrected chi connectivity index (χ1v) is 6.00. The molecule has 0 saturated heterocycles. The van der Waals surface area contributed by atoms with Crippen molar-refractivity contribution in [3.05, 3.63) is 0 Å². The molecule has 2 atom stereocenters. The molecule has 0 rings (SSSR count). The van der Waals surface area contributed by atoms with E-state index >= 15 is 0 Å². The second kappa shape index (κ2) is 6.86. The van der Waals surface area contributed by atoms with Gasteiger partial charge >= 0.3 is 0 Å².